The number of amides is 2. The van der Waals surface area contributed by atoms with Crippen molar-refractivity contribution in [2.75, 3.05) is 31.5 Å². The maximum absolute atomic E-state index is 13.7. The topological polar surface area (TPSA) is 234 Å². The Morgan fingerprint density at radius 1 is 0.694 bits per heavy atom. The number of carbonyl (C=O) groups is 2. The quantitative estimate of drug-likeness (QED) is 0.283. The van der Waals surface area contributed by atoms with E-state index in [4.69, 9.17) is 17.2 Å². The molecule has 14 nitrogen and oxygen atoms in total. The lowest BCUT2D eigenvalue weighted by molar-refractivity contribution is -0.115. The molecule has 0 radical (unpaired) electrons. The summed E-state index contributed by atoms with van der Waals surface area (Å²) in [4.78, 5) is 28.9. The van der Waals surface area contributed by atoms with Crippen molar-refractivity contribution in [3.8, 4) is 0 Å². The van der Waals surface area contributed by atoms with E-state index in [9.17, 15) is 26.4 Å². The number of anilines is 6. The van der Waals surface area contributed by atoms with Crippen LogP contribution in [0.15, 0.2) is 58.3 Å². The van der Waals surface area contributed by atoms with Gasteiger partial charge in [0.1, 0.15) is 0 Å². The first kappa shape index (κ1) is 26.2. The molecule has 0 fully saturated rings. The van der Waals surface area contributed by atoms with Crippen LogP contribution in [0.25, 0.3) is 0 Å². The molecule has 0 saturated heterocycles. The summed E-state index contributed by atoms with van der Waals surface area (Å²) in [7, 11) is -9.82. The number of benzene rings is 2. The molecule has 8 N–H and O–H groups in total. The lowest BCUT2D eigenvalue weighted by Crippen LogP contribution is -2.38. The van der Waals surface area contributed by atoms with Crippen molar-refractivity contribution in [3.05, 3.63) is 48.5 Å². The Morgan fingerprint density at radius 2 is 1.03 bits per heavy atom. The maximum atomic E-state index is 13.7. The predicted molar refractivity (Wildman–Crippen MR) is 134 cm³/mol. The molecule has 0 aliphatic carbocycles. The van der Waals surface area contributed by atoms with Gasteiger partial charge in [-0.15, -0.1) is 3.71 Å². The van der Waals surface area contributed by atoms with Gasteiger partial charge >= 0.3 is 0 Å². The van der Waals surface area contributed by atoms with Gasteiger partial charge in [0.05, 0.1) is 9.79 Å². The molecule has 1 heterocycles. The maximum Gasteiger partial charge on any atom is 0.277 e. The van der Waals surface area contributed by atoms with Crippen LogP contribution in [0.2, 0.25) is 0 Å². The fourth-order valence-corrected chi connectivity index (χ4v) is 6.83. The fourth-order valence-electron chi connectivity index (χ4n) is 3.08. The van der Waals surface area contributed by atoms with Crippen LogP contribution >= 0.6 is 0 Å². The molecule has 0 atom stereocenters. The van der Waals surface area contributed by atoms with Gasteiger partial charge in [-0.3, -0.25) is 9.59 Å². The van der Waals surface area contributed by atoms with E-state index in [1.165, 1.54) is 38.1 Å². The lowest BCUT2D eigenvalue weighted by Gasteiger charge is -2.25. The molecule has 0 aliphatic rings. The molecule has 0 aliphatic heterocycles. The SMILES string of the molecule is CC(=O)Nc1ccc(S(=O)(=O)N(c2c(N)nc(N)nc2N)S(=O)(=O)c2ccc(NC(C)=O)cc2)cc1. The van der Waals surface area contributed by atoms with Crippen molar-refractivity contribution >= 4 is 66.5 Å². The summed E-state index contributed by atoms with van der Waals surface area (Å²) in [5.74, 6) is -2.38. The van der Waals surface area contributed by atoms with Crippen LogP contribution in [0.5, 0.6) is 0 Å². The molecule has 0 spiro atoms. The van der Waals surface area contributed by atoms with E-state index in [-0.39, 0.29) is 15.1 Å². The Kier molecular flexibility index (Phi) is 7.03. The highest BCUT2D eigenvalue weighted by Crippen LogP contribution is 2.37. The first-order chi connectivity index (χ1) is 16.7. The van der Waals surface area contributed by atoms with Gasteiger partial charge in [-0.25, -0.2) is 16.8 Å². The number of aromatic nitrogens is 2. The van der Waals surface area contributed by atoms with E-state index < -0.39 is 64.9 Å². The standard InChI is InChI=1S/C20H22N8O6S2/c1-11(29)24-13-3-7-15(8-4-13)35(31,32)28(17-18(21)26-20(23)27-19(17)22)36(33,34)16-9-5-14(6-10-16)25-12(2)30/h3-10H,1-2H3,(H,24,29)(H,25,30)(H6,21,22,23,26,27). The van der Waals surface area contributed by atoms with E-state index in [0.29, 0.717) is 0 Å². The normalized spacial score (nSPS) is 11.5. The molecule has 0 unspecified atom stereocenters. The molecule has 2 amide bonds. The lowest BCUT2D eigenvalue weighted by atomic mass is 10.3. The zero-order valence-corrected chi connectivity index (χ0v) is 20.6. The fraction of sp³-hybridized carbons (Fsp3) is 0.100. The third kappa shape index (κ3) is 5.28. The number of carbonyl (C=O) groups excluding carboxylic acids is 2. The molecular weight excluding hydrogens is 512 g/mol. The summed E-state index contributed by atoms with van der Waals surface area (Å²) < 4.78 is 54.8. The molecule has 2 aromatic carbocycles. The second-order valence-corrected chi connectivity index (χ2v) is 11.1. The van der Waals surface area contributed by atoms with Crippen LogP contribution in [0.1, 0.15) is 13.8 Å². The van der Waals surface area contributed by atoms with Crippen LogP contribution in [-0.4, -0.2) is 38.6 Å². The second-order valence-electron chi connectivity index (χ2n) is 7.32. The zero-order valence-electron chi connectivity index (χ0n) is 19.0. The van der Waals surface area contributed by atoms with Gasteiger partial charge in [0, 0.05) is 25.2 Å². The molecule has 36 heavy (non-hydrogen) atoms. The van der Waals surface area contributed by atoms with Crippen LogP contribution in [-0.2, 0) is 29.6 Å². The second kappa shape index (κ2) is 9.67. The zero-order chi connectivity index (χ0) is 26.8. The average Bonchev–Trinajstić information content (AvgIpc) is 2.75. The number of hydrogen-bond donors (Lipinski definition) is 5. The van der Waals surface area contributed by atoms with E-state index in [0.717, 1.165) is 24.3 Å². The first-order valence-corrected chi connectivity index (χ1v) is 12.9. The molecule has 3 aromatic rings. The molecule has 0 saturated carbocycles. The Hall–Kier alpha value is -4.44. The summed E-state index contributed by atoms with van der Waals surface area (Å²) in [6.45, 7) is 2.53. The predicted octanol–water partition coefficient (Wildman–Crippen LogP) is 0.724. The number of nitrogens with zero attached hydrogens (tertiary/aromatic N) is 3. The number of hydrogen-bond acceptors (Lipinski definition) is 11. The Morgan fingerprint density at radius 3 is 1.33 bits per heavy atom. The average molecular weight is 535 g/mol. The van der Waals surface area contributed by atoms with Gasteiger partial charge in [-0.1, -0.05) is 0 Å². The number of nitrogen functional groups attached to an aromatic ring is 3. The minimum absolute atomic E-state index is 0.0188. The van der Waals surface area contributed by atoms with E-state index in [2.05, 4.69) is 20.6 Å². The smallest absolute Gasteiger partial charge is 0.277 e. The van der Waals surface area contributed by atoms with Crippen LogP contribution in [0.3, 0.4) is 0 Å². The third-order valence-corrected chi connectivity index (χ3v) is 8.67. The van der Waals surface area contributed by atoms with E-state index >= 15 is 0 Å². The van der Waals surface area contributed by atoms with Gasteiger partial charge in [0.25, 0.3) is 20.0 Å². The summed E-state index contributed by atoms with van der Waals surface area (Å²) in [6, 6.07) is 9.45. The molecule has 0 bridgehead atoms. The number of nitrogens with two attached hydrogens (primary N) is 3. The van der Waals surface area contributed by atoms with Gasteiger partial charge in [-0.2, -0.15) is 9.97 Å². The van der Waals surface area contributed by atoms with Gasteiger partial charge in [0.15, 0.2) is 17.3 Å². The highest BCUT2D eigenvalue weighted by atomic mass is 32.3. The number of rotatable bonds is 7. The van der Waals surface area contributed by atoms with Crippen molar-refractivity contribution in [1.82, 2.24) is 9.97 Å². The number of nitrogens with one attached hydrogen (secondary N) is 2. The largest absolute Gasteiger partial charge is 0.382 e. The number of sulfonamides is 2. The van der Waals surface area contributed by atoms with Crippen LogP contribution in [0, 0.1) is 0 Å². The minimum Gasteiger partial charge on any atom is -0.382 e. The molecule has 1 aromatic heterocycles. The van der Waals surface area contributed by atoms with Crippen molar-refractivity contribution in [1.29, 1.82) is 0 Å². The Labute approximate surface area is 206 Å². The van der Waals surface area contributed by atoms with Crippen molar-refractivity contribution in [3.63, 3.8) is 0 Å². The monoisotopic (exact) mass is 534 g/mol. The molecule has 3 rings (SSSR count). The summed E-state index contributed by atoms with van der Waals surface area (Å²) in [5, 5.41) is 4.95. The third-order valence-electron chi connectivity index (χ3n) is 4.52. The van der Waals surface area contributed by atoms with Crippen LogP contribution in [0.4, 0.5) is 34.6 Å². The Balaban J connectivity index is 2.23. The Bertz CT molecular complexity index is 1430. The van der Waals surface area contributed by atoms with E-state index in [1.54, 1.807) is 0 Å². The van der Waals surface area contributed by atoms with Gasteiger partial charge in [-0.05, 0) is 48.5 Å². The van der Waals surface area contributed by atoms with Crippen molar-refractivity contribution in [2.45, 2.75) is 23.6 Å². The highest BCUT2D eigenvalue weighted by Gasteiger charge is 2.40. The van der Waals surface area contributed by atoms with Crippen molar-refractivity contribution < 1.29 is 26.4 Å². The van der Waals surface area contributed by atoms with Gasteiger partial charge < -0.3 is 27.8 Å². The molecular formula is C20H22N8O6S2. The summed E-state index contributed by atoms with van der Waals surface area (Å²) in [5.41, 5.74) is 17.1. The van der Waals surface area contributed by atoms with Crippen LogP contribution < -0.4 is 31.5 Å². The molecule has 16 heteroatoms. The summed E-state index contributed by atoms with van der Waals surface area (Å²) >= 11 is 0. The highest BCUT2D eigenvalue weighted by molar-refractivity contribution is 8.10. The summed E-state index contributed by atoms with van der Waals surface area (Å²) in [6.07, 6.45) is 0. The minimum atomic E-state index is -4.91. The van der Waals surface area contributed by atoms with Gasteiger partial charge in [0.2, 0.25) is 17.8 Å². The van der Waals surface area contributed by atoms with Crippen molar-refractivity contribution in [2.24, 2.45) is 0 Å². The molecule has 190 valence electrons. The first-order valence-electron chi connectivity index (χ1n) is 9.98. The van der Waals surface area contributed by atoms with E-state index in [1.807, 2.05) is 0 Å².